The van der Waals surface area contributed by atoms with Crippen LogP contribution < -0.4 is 4.80 Å². The van der Waals surface area contributed by atoms with Crippen molar-refractivity contribution < 1.29 is 0 Å². The fourth-order valence-electron chi connectivity index (χ4n) is 3.94. The quantitative estimate of drug-likeness (QED) is 0.320. The fraction of sp³-hybridized carbons (Fsp3) is 0.154. The number of fused-ring (bicyclic) bond motifs is 1. The average Bonchev–Trinajstić information content (AvgIpc) is 3.44. The number of nitrogens with zero attached hydrogens (tertiary/aromatic N) is 4. The summed E-state index contributed by atoms with van der Waals surface area (Å²) in [7, 11) is 0. The lowest BCUT2D eigenvalue weighted by Crippen LogP contribution is -2.17. The second-order valence-electron chi connectivity index (χ2n) is 7.69. The molecule has 0 saturated heterocycles. The third-order valence-electron chi connectivity index (χ3n) is 5.45. The molecule has 5 rings (SSSR count). The molecule has 0 radical (unpaired) electrons. The van der Waals surface area contributed by atoms with Gasteiger partial charge in [0.2, 0.25) is 0 Å². The van der Waals surface area contributed by atoms with E-state index >= 15 is 0 Å². The predicted octanol–water partition coefficient (Wildman–Crippen LogP) is 6.20. The molecule has 0 unspecified atom stereocenters. The average molecular weight is 425 g/mol. The van der Waals surface area contributed by atoms with E-state index in [0.29, 0.717) is 0 Å². The lowest BCUT2D eigenvalue weighted by molar-refractivity contribution is 0.559. The standard InChI is InChI=1S/C26H24N4S/c1-20-7-4-10-22(17-20)28-26-30(15-6-14-29-16-13-27-19-29)25(18-31-26)24-12-5-9-21-8-2-3-11-23(21)24/h2-5,7-13,16-19H,6,14-15H2,1H3. The summed E-state index contributed by atoms with van der Waals surface area (Å²) in [5.41, 5.74) is 4.69. The van der Waals surface area contributed by atoms with E-state index in [1.54, 1.807) is 11.3 Å². The minimum Gasteiger partial charge on any atom is -0.337 e. The highest BCUT2D eigenvalue weighted by Gasteiger charge is 2.11. The van der Waals surface area contributed by atoms with E-state index in [0.717, 1.165) is 30.0 Å². The summed E-state index contributed by atoms with van der Waals surface area (Å²) in [5, 5.41) is 4.77. The largest absolute Gasteiger partial charge is 0.337 e. The zero-order valence-electron chi connectivity index (χ0n) is 17.5. The highest BCUT2D eigenvalue weighted by Crippen LogP contribution is 2.29. The molecule has 0 fully saturated rings. The van der Waals surface area contributed by atoms with Crippen molar-refractivity contribution in [3.8, 4) is 11.3 Å². The Hall–Kier alpha value is -3.44. The van der Waals surface area contributed by atoms with E-state index in [-0.39, 0.29) is 0 Å². The maximum absolute atomic E-state index is 5.01. The summed E-state index contributed by atoms with van der Waals surface area (Å²) in [6.45, 7) is 3.93. The van der Waals surface area contributed by atoms with Crippen molar-refractivity contribution in [3.05, 3.63) is 101 Å². The summed E-state index contributed by atoms with van der Waals surface area (Å²) in [6.07, 6.45) is 6.73. The Kier molecular flexibility index (Phi) is 5.50. The van der Waals surface area contributed by atoms with Crippen LogP contribution in [0.4, 0.5) is 5.69 Å². The van der Waals surface area contributed by atoms with Gasteiger partial charge in [0.15, 0.2) is 4.80 Å². The van der Waals surface area contributed by atoms with Gasteiger partial charge in [0.05, 0.1) is 17.7 Å². The van der Waals surface area contributed by atoms with E-state index < -0.39 is 0 Å². The van der Waals surface area contributed by atoms with Crippen LogP contribution in [-0.2, 0) is 13.1 Å². The van der Waals surface area contributed by atoms with Gasteiger partial charge in [-0.15, -0.1) is 11.3 Å². The highest BCUT2D eigenvalue weighted by atomic mass is 32.1. The highest BCUT2D eigenvalue weighted by molar-refractivity contribution is 7.07. The summed E-state index contributed by atoms with van der Waals surface area (Å²) in [5.74, 6) is 0. The molecule has 0 amide bonds. The molecule has 0 aliphatic heterocycles. The number of hydrogen-bond donors (Lipinski definition) is 0. The normalized spacial score (nSPS) is 12.0. The maximum Gasteiger partial charge on any atom is 0.190 e. The van der Waals surface area contributed by atoms with Crippen LogP contribution in [-0.4, -0.2) is 14.1 Å². The SMILES string of the molecule is Cc1cccc(N=c2scc(-c3cccc4ccccc34)n2CCCn2ccnc2)c1. The molecule has 0 bridgehead atoms. The number of rotatable bonds is 6. The minimum absolute atomic E-state index is 0.894. The van der Waals surface area contributed by atoms with E-state index in [1.807, 2.05) is 18.7 Å². The molecule has 154 valence electrons. The lowest BCUT2D eigenvalue weighted by atomic mass is 10.0. The smallest absolute Gasteiger partial charge is 0.190 e. The number of aryl methyl sites for hydroxylation is 2. The molecule has 2 aromatic heterocycles. The van der Waals surface area contributed by atoms with E-state index in [1.165, 1.54) is 27.6 Å². The van der Waals surface area contributed by atoms with Gasteiger partial charge in [-0.05, 0) is 41.8 Å². The molecular weight excluding hydrogens is 400 g/mol. The lowest BCUT2D eigenvalue weighted by Gasteiger charge is -2.12. The second-order valence-corrected chi connectivity index (χ2v) is 8.52. The predicted molar refractivity (Wildman–Crippen MR) is 128 cm³/mol. The zero-order valence-corrected chi connectivity index (χ0v) is 18.3. The molecule has 0 spiro atoms. The number of aromatic nitrogens is 3. The van der Waals surface area contributed by atoms with Gasteiger partial charge in [0.1, 0.15) is 0 Å². The maximum atomic E-state index is 5.01. The molecule has 0 N–H and O–H groups in total. The molecule has 3 aromatic carbocycles. The van der Waals surface area contributed by atoms with Crippen LogP contribution in [0.3, 0.4) is 0 Å². The van der Waals surface area contributed by atoms with Crippen LogP contribution >= 0.6 is 11.3 Å². The molecule has 4 nitrogen and oxygen atoms in total. The molecule has 0 atom stereocenters. The summed E-state index contributed by atoms with van der Waals surface area (Å²) >= 11 is 1.71. The summed E-state index contributed by atoms with van der Waals surface area (Å²) < 4.78 is 4.49. The van der Waals surface area contributed by atoms with Gasteiger partial charge in [-0.25, -0.2) is 9.98 Å². The van der Waals surface area contributed by atoms with Crippen LogP contribution in [0.2, 0.25) is 0 Å². The molecule has 0 aliphatic carbocycles. The topological polar surface area (TPSA) is 35.1 Å². The fourth-order valence-corrected chi connectivity index (χ4v) is 4.88. The molecule has 5 aromatic rings. The van der Waals surface area contributed by atoms with Crippen molar-refractivity contribution in [1.82, 2.24) is 14.1 Å². The van der Waals surface area contributed by atoms with Crippen molar-refractivity contribution in [2.75, 3.05) is 0 Å². The molecule has 31 heavy (non-hydrogen) atoms. The zero-order chi connectivity index (χ0) is 21.0. The van der Waals surface area contributed by atoms with Crippen molar-refractivity contribution in [2.45, 2.75) is 26.4 Å². The molecule has 0 saturated carbocycles. The molecule has 5 heteroatoms. The van der Waals surface area contributed by atoms with Crippen LogP contribution in [0.5, 0.6) is 0 Å². The first kappa shape index (κ1) is 19.5. The monoisotopic (exact) mass is 424 g/mol. The third-order valence-corrected chi connectivity index (χ3v) is 6.31. The van der Waals surface area contributed by atoms with E-state index in [2.05, 4.69) is 93.2 Å². The minimum atomic E-state index is 0.894. The summed E-state index contributed by atoms with van der Waals surface area (Å²) in [4.78, 5) is 10.2. The first-order valence-electron chi connectivity index (χ1n) is 10.5. The molecule has 2 heterocycles. The Labute approximate surface area is 185 Å². The van der Waals surface area contributed by atoms with E-state index in [4.69, 9.17) is 4.99 Å². The Balaban J connectivity index is 1.59. The van der Waals surface area contributed by atoms with Gasteiger partial charge in [-0.1, -0.05) is 54.6 Å². The van der Waals surface area contributed by atoms with Crippen molar-refractivity contribution in [2.24, 2.45) is 4.99 Å². The van der Waals surface area contributed by atoms with Gasteiger partial charge < -0.3 is 9.13 Å². The van der Waals surface area contributed by atoms with Crippen molar-refractivity contribution in [1.29, 1.82) is 0 Å². The number of benzene rings is 3. The molecular formula is C26H24N4S. The Bertz CT molecular complexity index is 1370. The van der Waals surface area contributed by atoms with Crippen LogP contribution in [0.15, 0.2) is 95.8 Å². The van der Waals surface area contributed by atoms with Gasteiger partial charge in [0.25, 0.3) is 0 Å². The van der Waals surface area contributed by atoms with Crippen LogP contribution in [0.1, 0.15) is 12.0 Å². The second kappa shape index (κ2) is 8.74. The number of hydrogen-bond acceptors (Lipinski definition) is 3. The number of imidazole rings is 1. The van der Waals surface area contributed by atoms with Crippen LogP contribution in [0.25, 0.3) is 22.0 Å². The first-order chi connectivity index (χ1) is 15.3. The van der Waals surface area contributed by atoms with Gasteiger partial charge in [-0.2, -0.15) is 0 Å². The van der Waals surface area contributed by atoms with Gasteiger partial charge >= 0.3 is 0 Å². The van der Waals surface area contributed by atoms with E-state index in [9.17, 15) is 0 Å². The Morgan fingerprint density at radius 3 is 2.71 bits per heavy atom. The van der Waals surface area contributed by atoms with Gasteiger partial charge in [-0.3, -0.25) is 0 Å². The van der Waals surface area contributed by atoms with Crippen molar-refractivity contribution in [3.63, 3.8) is 0 Å². The van der Waals surface area contributed by atoms with Crippen molar-refractivity contribution >= 4 is 27.8 Å². The first-order valence-corrected chi connectivity index (χ1v) is 11.4. The Morgan fingerprint density at radius 2 is 1.84 bits per heavy atom. The Morgan fingerprint density at radius 1 is 0.968 bits per heavy atom. The summed E-state index contributed by atoms with van der Waals surface area (Å²) in [6, 6.07) is 23.5. The van der Waals surface area contributed by atoms with Crippen LogP contribution in [0, 0.1) is 6.92 Å². The third kappa shape index (κ3) is 4.23. The number of thiazole rings is 1. The van der Waals surface area contributed by atoms with Gasteiger partial charge in [0, 0.05) is 36.4 Å². The molecule has 0 aliphatic rings.